The zero-order valence-electron chi connectivity index (χ0n) is 8.75. The fourth-order valence-electron chi connectivity index (χ4n) is 1.41. The quantitative estimate of drug-likeness (QED) is 0.596. The van der Waals surface area contributed by atoms with E-state index in [1.165, 1.54) is 18.2 Å². The molecule has 0 fully saturated rings. The van der Waals surface area contributed by atoms with E-state index in [-0.39, 0.29) is 5.56 Å². The Bertz CT molecular complexity index is 631. The molecule has 2 rings (SSSR count). The van der Waals surface area contributed by atoms with Gasteiger partial charge in [0.05, 0.1) is 32.5 Å². The van der Waals surface area contributed by atoms with Gasteiger partial charge in [-0.05, 0) is 18.2 Å². The molecule has 1 aromatic heterocycles. The molecule has 2 aromatic rings. The Morgan fingerprint density at radius 1 is 1.06 bits per heavy atom. The molecule has 0 aliphatic rings. The molecule has 0 aliphatic carbocycles. The van der Waals surface area contributed by atoms with Crippen LogP contribution < -0.4 is 0 Å². The summed E-state index contributed by atoms with van der Waals surface area (Å²) >= 11 is 17.7. The second-order valence-corrected chi connectivity index (χ2v) is 4.68. The van der Waals surface area contributed by atoms with Gasteiger partial charge in [-0.15, -0.1) is 0 Å². The largest absolute Gasteiger partial charge is 0.298 e. The van der Waals surface area contributed by atoms with E-state index in [4.69, 9.17) is 34.8 Å². The minimum Gasteiger partial charge on any atom is -0.298 e. The summed E-state index contributed by atoms with van der Waals surface area (Å²) in [5.74, 6) is -0.690. The SMILES string of the molecule is O=Cc1cc(-c2cc(Cl)c(Cl)cc2Cl)ncc1F. The van der Waals surface area contributed by atoms with Crippen LogP contribution in [0.5, 0.6) is 0 Å². The maximum atomic E-state index is 13.2. The van der Waals surface area contributed by atoms with Crippen molar-refractivity contribution in [3.05, 3.63) is 50.8 Å². The number of carbonyl (C=O) groups is 1. The molecule has 6 heteroatoms. The second kappa shape index (κ2) is 5.22. The lowest BCUT2D eigenvalue weighted by Gasteiger charge is -2.06. The summed E-state index contributed by atoms with van der Waals surface area (Å²) < 4.78 is 13.2. The van der Waals surface area contributed by atoms with Gasteiger partial charge in [0.2, 0.25) is 0 Å². The van der Waals surface area contributed by atoms with E-state index in [2.05, 4.69) is 4.98 Å². The Morgan fingerprint density at radius 3 is 2.39 bits per heavy atom. The molecular weight excluding hydrogens is 299 g/mol. The number of pyridine rings is 1. The predicted molar refractivity (Wildman–Crippen MR) is 70.0 cm³/mol. The summed E-state index contributed by atoms with van der Waals surface area (Å²) in [4.78, 5) is 14.5. The van der Waals surface area contributed by atoms with Crippen LogP contribution in [0, 0.1) is 5.82 Å². The highest BCUT2D eigenvalue weighted by atomic mass is 35.5. The van der Waals surface area contributed by atoms with Gasteiger partial charge in [-0.25, -0.2) is 4.39 Å². The van der Waals surface area contributed by atoms with Gasteiger partial charge < -0.3 is 0 Å². The summed E-state index contributed by atoms with van der Waals surface area (Å²) in [6.45, 7) is 0. The molecule has 1 aromatic carbocycles. The van der Waals surface area contributed by atoms with Gasteiger partial charge in [0.25, 0.3) is 0 Å². The number of halogens is 4. The molecule has 0 amide bonds. The van der Waals surface area contributed by atoms with Gasteiger partial charge in [-0.1, -0.05) is 34.8 Å². The van der Waals surface area contributed by atoms with Crippen molar-refractivity contribution >= 4 is 41.1 Å². The first-order valence-corrected chi connectivity index (χ1v) is 5.92. The fourth-order valence-corrected chi connectivity index (χ4v) is 2.05. The maximum Gasteiger partial charge on any atom is 0.153 e. The first-order valence-electron chi connectivity index (χ1n) is 4.78. The number of rotatable bonds is 2. The number of aromatic nitrogens is 1. The summed E-state index contributed by atoms with van der Waals surface area (Å²) in [7, 11) is 0. The molecular formula is C12H5Cl3FNO. The van der Waals surface area contributed by atoms with Crippen LogP contribution in [0.25, 0.3) is 11.3 Å². The number of hydrogen-bond donors (Lipinski definition) is 0. The van der Waals surface area contributed by atoms with Crippen LogP contribution in [-0.4, -0.2) is 11.3 Å². The van der Waals surface area contributed by atoms with Crippen LogP contribution in [-0.2, 0) is 0 Å². The number of benzene rings is 1. The van der Waals surface area contributed by atoms with Crippen LogP contribution >= 0.6 is 34.8 Å². The summed E-state index contributed by atoms with van der Waals surface area (Å²) in [6, 6.07) is 4.28. The fraction of sp³-hybridized carbons (Fsp3) is 0. The molecule has 0 bridgehead atoms. The first-order chi connectivity index (χ1) is 8.52. The lowest BCUT2D eigenvalue weighted by Crippen LogP contribution is -1.93. The van der Waals surface area contributed by atoms with Crippen molar-refractivity contribution in [2.45, 2.75) is 0 Å². The number of hydrogen-bond acceptors (Lipinski definition) is 2. The monoisotopic (exact) mass is 303 g/mol. The highest BCUT2D eigenvalue weighted by Gasteiger charge is 2.11. The van der Waals surface area contributed by atoms with Crippen molar-refractivity contribution < 1.29 is 9.18 Å². The highest BCUT2D eigenvalue weighted by Crippen LogP contribution is 2.34. The minimum atomic E-state index is -0.690. The smallest absolute Gasteiger partial charge is 0.153 e. The summed E-state index contributed by atoms with van der Waals surface area (Å²) in [5.41, 5.74) is 0.735. The van der Waals surface area contributed by atoms with Gasteiger partial charge in [-0.2, -0.15) is 0 Å². The second-order valence-electron chi connectivity index (χ2n) is 3.46. The molecule has 0 aliphatic heterocycles. The van der Waals surface area contributed by atoms with E-state index in [9.17, 15) is 9.18 Å². The average molecular weight is 305 g/mol. The third kappa shape index (κ3) is 2.48. The van der Waals surface area contributed by atoms with E-state index >= 15 is 0 Å². The van der Waals surface area contributed by atoms with Crippen molar-refractivity contribution in [1.29, 1.82) is 0 Å². The van der Waals surface area contributed by atoms with E-state index in [1.807, 2.05) is 0 Å². The molecule has 0 unspecified atom stereocenters. The number of carbonyl (C=O) groups excluding carboxylic acids is 1. The van der Waals surface area contributed by atoms with E-state index in [0.717, 1.165) is 6.20 Å². The van der Waals surface area contributed by atoms with E-state index in [0.29, 0.717) is 32.6 Å². The lowest BCUT2D eigenvalue weighted by molar-refractivity contribution is 0.111. The zero-order chi connectivity index (χ0) is 13.3. The highest BCUT2D eigenvalue weighted by molar-refractivity contribution is 6.44. The molecule has 0 saturated heterocycles. The van der Waals surface area contributed by atoms with Crippen LogP contribution in [0.15, 0.2) is 24.4 Å². The Labute approximate surface area is 117 Å². The van der Waals surface area contributed by atoms with Crippen molar-refractivity contribution in [3.63, 3.8) is 0 Å². The summed E-state index contributed by atoms with van der Waals surface area (Å²) in [6.07, 6.45) is 1.36. The van der Waals surface area contributed by atoms with Crippen molar-refractivity contribution in [3.8, 4) is 11.3 Å². The molecule has 0 atom stereocenters. The Balaban J connectivity index is 2.62. The van der Waals surface area contributed by atoms with E-state index in [1.54, 1.807) is 0 Å². The van der Waals surface area contributed by atoms with Crippen molar-refractivity contribution in [2.75, 3.05) is 0 Å². The maximum absolute atomic E-state index is 13.2. The molecule has 18 heavy (non-hydrogen) atoms. The van der Waals surface area contributed by atoms with Crippen LogP contribution in [0.2, 0.25) is 15.1 Å². The van der Waals surface area contributed by atoms with Crippen LogP contribution in [0.4, 0.5) is 4.39 Å². The molecule has 92 valence electrons. The molecule has 0 saturated carbocycles. The summed E-state index contributed by atoms with van der Waals surface area (Å²) in [5, 5.41) is 0.929. The molecule has 0 radical (unpaired) electrons. The Hall–Kier alpha value is -1.16. The number of aldehydes is 1. The van der Waals surface area contributed by atoms with E-state index < -0.39 is 5.82 Å². The van der Waals surface area contributed by atoms with Crippen molar-refractivity contribution in [2.24, 2.45) is 0 Å². The topological polar surface area (TPSA) is 30.0 Å². The molecule has 0 spiro atoms. The molecule has 0 N–H and O–H groups in total. The molecule has 2 nitrogen and oxygen atoms in total. The van der Waals surface area contributed by atoms with Gasteiger partial charge in [-0.3, -0.25) is 9.78 Å². The van der Waals surface area contributed by atoms with Gasteiger partial charge in [0.15, 0.2) is 12.1 Å². The lowest BCUT2D eigenvalue weighted by atomic mass is 10.1. The molecule has 1 heterocycles. The minimum absolute atomic E-state index is 0.0952. The number of nitrogens with zero attached hydrogens (tertiary/aromatic N) is 1. The van der Waals surface area contributed by atoms with Gasteiger partial charge in [0, 0.05) is 5.56 Å². The first kappa shape index (κ1) is 13.3. The Morgan fingerprint density at radius 2 is 1.72 bits per heavy atom. The Kier molecular flexibility index (Phi) is 3.85. The zero-order valence-corrected chi connectivity index (χ0v) is 11.0. The average Bonchev–Trinajstić information content (AvgIpc) is 2.35. The standard InChI is InChI=1S/C12H5Cl3FNO/c13-8-3-10(15)9(14)2-7(8)12-1-6(5-18)11(16)4-17-12/h1-5H. The van der Waals surface area contributed by atoms with Gasteiger partial charge >= 0.3 is 0 Å². The third-order valence-electron chi connectivity index (χ3n) is 2.30. The van der Waals surface area contributed by atoms with Gasteiger partial charge in [0.1, 0.15) is 0 Å². The van der Waals surface area contributed by atoms with Crippen molar-refractivity contribution in [1.82, 2.24) is 4.98 Å². The predicted octanol–water partition coefficient (Wildman–Crippen LogP) is 4.66. The van der Waals surface area contributed by atoms with Crippen LogP contribution in [0.3, 0.4) is 0 Å². The normalized spacial score (nSPS) is 10.4. The van der Waals surface area contributed by atoms with Crippen LogP contribution in [0.1, 0.15) is 10.4 Å². The third-order valence-corrected chi connectivity index (χ3v) is 3.33.